The van der Waals surface area contributed by atoms with E-state index < -0.39 is 0 Å². The van der Waals surface area contributed by atoms with Gasteiger partial charge in [-0.1, -0.05) is 0 Å². The second-order valence-corrected chi connectivity index (χ2v) is 5.80. The normalized spacial score (nSPS) is 21.5. The van der Waals surface area contributed by atoms with Crippen LogP contribution < -0.4 is 5.32 Å². The highest BCUT2D eigenvalue weighted by Gasteiger charge is 2.41. The Morgan fingerprint density at radius 1 is 1.19 bits per heavy atom. The van der Waals surface area contributed by atoms with Crippen LogP contribution in [0.3, 0.4) is 0 Å². The monoisotopic (exact) mass is 286 g/mol. The standard InChI is InChI=1S/C16H18N2O3/c1-10(19)11-2-4-13(5-3-11)17-16(21)12-8-15(20)18(9-12)14-6-7-14/h2-5,12,14H,6-9H2,1H3,(H,17,21)/t12-/m1/s1. The quantitative estimate of drug-likeness (QED) is 0.859. The van der Waals surface area contributed by atoms with Gasteiger partial charge in [0, 0.05) is 30.3 Å². The molecule has 1 saturated heterocycles. The summed E-state index contributed by atoms with van der Waals surface area (Å²) >= 11 is 0. The molecule has 1 saturated carbocycles. The second kappa shape index (κ2) is 5.31. The minimum atomic E-state index is -0.273. The molecule has 0 aromatic heterocycles. The maximum atomic E-state index is 12.2. The van der Waals surface area contributed by atoms with Gasteiger partial charge in [0.15, 0.2) is 5.78 Å². The molecule has 3 rings (SSSR count). The summed E-state index contributed by atoms with van der Waals surface area (Å²) in [5, 5.41) is 2.82. The molecule has 2 fully saturated rings. The van der Waals surface area contributed by atoms with Gasteiger partial charge in [-0.2, -0.15) is 0 Å². The van der Waals surface area contributed by atoms with Crippen molar-refractivity contribution in [3.8, 4) is 0 Å². The van der Waals surface area contributed by atoms with Crippen molar-refractivity contribution < 1.29 is 14.4 Å². The van der Waals surface area contributed by atoms with E-state index in [-0.39, 0.29) is 23.5 Å². The van der Waals surface area contributed by atoms with E-state index in [0.717, 1.165) is 12.8 Å². The fourth-order valence-electron chi connectivity index (χ4n) is 2.68. The van der Waals surface area contributed by atoms with Crippen molar-refractivity contribution in [3.63, 3.8) is 0 Å². The summed E-state index contributed by atoms with van der Waals surface area (Å²) in [4.78, 5) is 37.1. The summed E-state index contributed by atoms with van der Waals surface area (Å²) in [6, 6.07) is 7.17. The third-order valence-corrected chi connectivity index (χ3v) is 4.08. The number of amides is 2. The zero-order valence-electron chi connectivity index (χ0n) is 12.0. The Morgan fingerprint density at radius 2 is 1.86 bits per heavy atom. The van der Waals surface area contributed by atoms with E-state index in [9.17, 15) is 14.4 Å². The fourth-order valence-corrected chi connectivity index (χ4v) is 2.68. The topological polar surface area (TPSA) is 66.5 Å². The van der Waals surface area contributed by atoms with Crippen molar-refractivity contribution in [1.29, 1.82) is 0 Å². The molecular weight excluding hydrogens is 268 g/mol. The van der Waals surface area contributed by atoms with Gasteiger partial charge in [-0.15, -0.1) is 0 Å². The summed E-state index contributed by atoms with van der Waals surface area (Å²) in [5.41, 5.74) is 1.27. The number of anilines is 1. The highest BCUT2D eigenvalue weighted by Crippen LogP contribution is 2.32. The highest BCUT2D eigenvalue weighted by molar-refractivity contribution is 5.98. The minimum Gasteiger partial charge on any atom is -0.339 e. The summed E-state index contributed by atoms with van der Waals surface area (Å²) < 4.78 is 0. The van der Waals surface area contributed by atoms with E-state index in [2.05, 4.69) is 5.32 Å². The molecule has 1 aliphatic carbocycles. The molecule has 1 atom stereocenters. The Morgan fingerprint density at radius 3 is 2.43 bits per heavy atom. The number of likely N-dealkylation sites (tertiary alicyclic amines) is 1. The van der Waals surface area contributed by atoms with Crippen molar-refractivity contribution in [1.82, 2.24) is 4.90 Å². The van der Waals surface area contributed by atoms with Crippen molar-refractivity contribution in [2.24, 2.45) is 5.92 Å². The van der Waals surface area contributed by atoms with E-state index in [0.29, 0.717) is 30.3 Å². The molecule has 1 aromatic carbocycles. The van der Waals surface area contributed by atoms with Crippen LogP contribution in [0.2, 0.25) is 0 Å². The Hall–Kier alpha value is -2.17. The number of benzene rings is 1. The maximum Gasteiger partial charge on any atom is 0.229 e. The molecular formula is C16H18N2O3. The lowest BCUT2D eigenvalue weighted by Crippen LogP contribution is -2.29. The highest BCUT2D eigenvalue weighted by atomic mass is 16.2. The average Bonchev–Trinajstić information content (AvgIpc) is 3.22. The number of Topliss-reactive ketones (excluding diaryl/α,β-unsaturated/α-hetero) is 1. The first-order valence-corrected chi connectivity index (χ1v) is 7.26. The van der Waals surface area contributed by atoms with E-state index in [1.54, 1.807) is 24.3 Å². The van der Waals surface area contributed by atoms with Crippen LogP contribution in [0.25, 0.3) is 0 Å². The number of carbonyl (C=O) groups excluding carboxylic acids is 3. The van der Waals surface area contributed by atoms with E-state index in [1.165, 1.54) is 6.92 Å². The molecule has 0 spiro atoms. The second-order valence-electron chi connectivity index (χ2n) is 5.80. The van der Waals surface area contributed by atoms with E-state index in [1.807, 2.05) is 4.90 Å². The van der Waals surface area contributed by atoms with Gasteiger partial charge >= 0.3 is 0 Å². The number of nitrogens with one attached hydrogen (secondary N) is 1. The first-order chi connectivity index (χ1) is 10.0. The van der Waals surface area contributed by atoms with Crippen LogP contribution in [0.4, 0.5) is 5.69 Å². The molecule has 2 amide bonds. The number of hydrogen-bond acceptors (Lipinski definition) is 3. The van der Waals surface area contributed by atoms with Crippen molar-refractivity contribution >= 4 is 23.3 Å². The molecule has 1 heterocycles. The number of carbonyl (C=O) groups is 3. The molecule has 0 bridgehead atoms. The predicted molar refractivity (Wildman–Crippen MR) is 77.9 cm³/mol. The average molecular weight is 286 g/mol. The Balaban J connectivity index is 1.61. The number of rotatable bonds is 4. The van der Waals surface area contributed by atoms with Crippen molar-refractivity contribution in [2.75, 3.05) is 11.9 Å². The predicted octanol–water partition coefficient (Wildman–Crippen LogP) is 1.84. The van der Waals surface area contributed by atoms with Crippen LogP contribution in [-0.2, 0) is 9.59 Å². The lowest BCUT2D eigenvalue weighted by Gasteiger charge is -2.15. The molecule has 5 nitrogen and oxygen atoms in total. The molecule has 2 aliphatic rings. The molecule has 21 heavy (non-hydrogen) atoms. The minimum absolute atomic E-state index is 0.00524. The zero-order valence-corrected chi connectivity index (χ0v) is 12.0. The summed E-state index contributed by atoms with van der Waals surface area (Å²) in [6.07, 6.45) is 2.42. The van der Waals surface area contributed by atoms with Gasteiger partial charge in [0.2, 0.25) is 11.8 Å². The molecule has 0 unspecified atom stereocenters. The first-order valence-electron chi connectivity index (χ1n) is 7.26. The SMILES string of the molecule is CC(=O)c1ccc(NC(=O)[C@@H]2CC(=O)N(C3CC3)C2)cc1. The largest absolute Gasteiger partial charge is 0.339 e. The van der Waals surface area contributed by atoms with Crippen LogP contribution >= 0.6 is 0 Å². The van der Waals surface area contributed by atoms with Crippen LogP contribution in [0.15, 0.2) is 24.3 Å². The van der Waals surface area contributed by atoms with Gasteiger partial charge in [0.25, 0.3) is 0 Å². The van der Waals surface area contributed by atoms with Crippen molar-refractivity contribution in [3.05, 3.63) is 29.8 Å². The van der Waals surface area contributed by atoms with E-state index in [4.69, 9.17) is 0 Å². The van der Waals surface area contributed by atoms with Gasteiger partial charge < -0.3 is 10.2 Å². The molecule has 5 heteroatoms. The number of nitrogens with zero attached hydrogens (tertiary/aromatic N) is 1. The lowest BCUT2D eigenvalue weighted by atomic mass is 10.1. The zero-order chi connectivity index (χ0) is 15.0. The summed E-state index contributed by atoms with van der Waals surface area (Å²) in [5.74, 6) is -0.313. The first kappa shape index (κ1) is 13.8. The third kappa shape index (κ3) is 2.96. The van der Waals surface area contributed by atoms with Gasteiger partial charge in [-0.25, -0.2) is 0 Å². The van der Waals surface area contributed by atoms with Gasteiger partial charge in [-0.3, -0.25) is 14.4 Å². The van der Waals surface area contributed by atoms with Crippen LogP contribution in [0.5, 0.6) is 0 Å². The molecule has 110 valence electrons. The molecule has 1 N–H and O–H groups in total. The van der Waals surface area contributed by atoms with Crippen molar-refractivity contribution in [2.45, 2.75) is 32.2 Å². The Bertz CT molecular complexity index is 590. The van der Waals surface area contributed by atoms with Gasteiger partial charge in [-0.05, 0) is 44.0 Å². The lowest BCUT2D eigenvalue weighted by molar-refractivity contribution is -0.128. The summed E-state index contributed by atoms with van der Waals surface area (Å²) in [6.45, 7) is 2.03. The van der Waals surface area contributed by atoms with Crippen LogP contribution in [0.1, 0.15) is 36.5 Å². The maximum absolute atomic E-state index is 12.2. The molecule has 1 aliphatic heterocycles. The van der Waals surface area contributed by atoms with Crippen LogP contribution in [-0.4, -0.2) is 35.1 Å². The number of hydrogen-bond donors (Lipinski definition) is 1. The summed E-state index contributed by atoms with van der Waals surface area (Å²) in [7, 11) is 0. The third-order valence-electron chi connectivity index (χ3n) is 4.08. The number of ketones is 1. The van der Waals surface area contributed by atoms with E-state index >= 15 is 0 Å². The smallest absolute Gasteiger partial charge is 0.229 e. The Labute approximate surface area is 123 Å². The van der Waals surface area contributed by atoms with Gasteiger partial charge in [0.05, 0.1) is 5.92 Å². The molecule has 0 radical (unpaired) electrons. The Kier molecular flexibility index (Phi) is 3.49. The van der Waals surface area contributed by atoms with Crippen LogP contribution in [0, 0.1) is 5.92 Å². The fraction of sp³-hybridized carbons (Fsp3) is 0.438. The van der Waals surface area contributed by atoms with Gasteiger partial charge in [0.1, 0.15) is 0 Å². The molecule has 1 aromatic rings.